The number of carboxylic acids is 1. The van der Waals surface area contributed by atoms with Crippen molar-refractivity contribution in [1.82, 2.24) is 24.8 Å². The van der Waals surface area contributed by atoms with Crippen LogP contribution in [0.4, 0.5) is 5.82 Å². The Labute approximate surface area is 174 Å². The number of carbonyl (C=O) groups is 1. The molecule has 0 saturated carbocycles. The summed E-state index contributed by atoms with van der Waals surface area (Å²) in [7, 11) is 0. The number of nitrogens with one attached hydrogen (secondary N) is 1. The third-order valence-electron chi connectivity index (χ3n) is 5.33. The number of hydrogen-bond donors (Lipinski definition) is 5. The first-order chi connectivity index (χ1) is 14.3. The number of aromatic nitrogens is 4. The van der Waals surface area contributed by atoms with Crippen LogP contribution in [0.15, 0.2) is 12.7 Å². The van der Waals surface area contributed by atoms with Gasteiger partial charge < -0.3 is 31.7 Å². The largest absolute Gasteiger partial charge is 0.480 e. The van der Waals surface area contributed by atoms with Crippen LogP contribution in [0.3, 0.4) is 0 Å². The Kier molecular flexibility index (Phi) is 7.19. The minimum absolute atomic E-state index is 0.0336. The number of carboxylic acid groups (broad SMARTS) is 1. The summed E-state index contributed by atoms with van der Waals surface area (Å²) in [4.78, 5) is 23.4. The summed E-state index contributed by atoms with van der Waals surface area (Å²) < 4.78 is 7.82. The Morgan fingerprint density at radius 1 is 1.37 bits per heavy atom. The van der Waals surface area contributed by atoms with Crippen molar-refractivity contribution in [2.24, 2.45) is 11.7 Å². The number of nitrogen functional groups attached to an aromatic ring is 1. The molecular formula is C19H31N7O4. The zero-order valence-corrected chi connectivity index (χ0v) is 17.3. The van der Waals surface area contributed by atoms with Crippen molar-refractivity contribution >= 4 is 23.0 Å². The van der Waals surface area contributed by atoms with Crippen LogP contribution >= 0.6 is 0 Å². The number of anilines is 1. The second kappa shape index (κ2) is 9.65. The number of aliphatic carboxylic acids is 1. The lowest BCUT2D eigenvalue weighted by atomic mass is 9.98. The molecule has 0 aromatic carbocycles. The highest BCUT2D eigenvalue weighted by Crippen LogP contribution is 2.33. The van der Waals surface area contributed by atoms with Crippen molar-refractivity contribution in [3.8, 4) is 0 Å². The summed E-state index contributed by atoms with van der Waals surface area (Å²) in [5.74, 6) is -0.278. The third-order valence-corrected chi connectivity index (χ3v) is 5.33. The molecule has 2 aromatic rings. The van der Waals surface area contributed by atoms with E-state index in [9.17, 15) is 9.90 Å². The van der Waals surface area contributed by atoms with E-state index in [0.29, 0.717) is 42.8 Å². The fraction of sp³-hybridized carbons (Fsp3) is 0.684. The molecule has 166 valence electrons. The van der Waals surface area contributed by atoms with Gasteiger partial charge in [0, 0.05) is 12.5 Å². The van der Waals surface area contributed by atoms with Gasteiger partial charge in [0.05, 0.1) is 12.4 Å². The molecule has 5 atom stereocenters. The molecule has 30 heavy (non-hydrogen) atoms. The lowest BCUT2D eigenvalue weighted by molar-refractivity contribution is -0.138. The van der Waals surface area contributed by atoms with Crippen LogP contribution in [-0.2, 0) is 9.53 Å². The summed E-state index contributed by atoms with van der Waals surface area (Å²) in [6, 6.07) is -0.857. The Bertz CT molecular complexity index is 859. The van der Waals surface area contributed by atoms with Gasteiger partial charge in [0.1, 0.15) is 24.0 Å². The fourth-order valence-corrected chi connectivity index (χ4v) is 3.72. The third kappa shape index (κ3) is 5.22. The zero-order valence-electron chi connectivity index (χ0n) is 17.3. The SMILES string of the molecule is CC(C)CNC(CC[C@@H](N)C(=O)O)C[C@@H]1C[C@@H](O)C(n2cnc3c(N)ncnc32)O1. The number of aliphatic hydroxyl groups excluding tert-OH is 1. The number of rotatable bonds is 10. The van der Waals surface area contributed by atoms with Crippen molar-refractivity contribution in [2.75, 3.05) is 12.3 Å². The number of fused-ring (bicyclic) bond motifs is 1. The molecule has 2 unspecified atom stereocenters. The van der Waals surface area contributed by atoms with Gasteiger partial charge in [0.15, 0.2) is 17.7 Å². The van der Waals surface area contributed by atoms with E-state index in [1.807, 2.05) is 0 Å². The summed E-state index contributed by atoms with van der Waals surface area (Å²) in [5, 5.41) is 23.1. The van der Waals surface area contributed by atoms with Gasteiger partial charge in [-0.1, -0.05) is 13.8 Å². The van der Waals surface area contributed by atoms with Crippen molar-refractivity contribution < 1.29 is 19.7 Å². The average Bonchev–Trinajstić information content (AvgIpc) is 3.27. The number of imidazole rings is 1. The molecule has 2 aromatic heterocycles. The first kappa shape index (κ1) is 22.3. The minimum Gasteiger partial charge on any atom is -0.480 e. The minimum atomic E-state index is -1.00. The van der Waals surface area contributed by atoms with E-state index in [4.69, 9.17) is 21.3 Å². The predicted molar refractivity (Wildman–Crippen MR) is 110 cm³/mol. The van der Waals surface area contributed by atoms with Gasteiger partial charge in [0.2, 0.25) is 0 Å². The van der Waals surface area contributed by atoms with E-state index >= 15 is 0 Å². The molecule has 11 nitrogen and oxygen atoms in total. The van der Waals surface area contributed by atoms with Crippen LogP contribution in [0, 0.1) is 5.92 Å². The van der Waals surface area contributed by atoms with Crippen LogP contribution in [0.1, 0.15) is 45.8 Å². The Morgan fingerprint density at radius 3 is 2.83 bits per heavy atom. The lowest BCUT2D eigenvalue weighted by Gasteiger charge is -2.24. The van der Waals surface area contributed by atoms with Crippen molar-refractivity contribution in [1.29, 1.82) is 0 Å². The van der Waals surface area contributed by atoms with Crippen molar-refractivity contribution in [3.05, 3.63) is 12.7 Å². The van der Waals surface area contributed by atoms with E-state index < -0.39 is 24.3 Å². The van der Waals surface area contributed by atoms with Gasteiger partial charge in [-0.15, -0.1) is 0 Å². The Balaban J connectivity index is 1.67. The highest BCUT2D eigenvalue weighted by atomic mass is 16.5. The lowest BCUT2D eigenvalue weighted by Crippen LogP contribution is -2.38. The van der Waals surface area contributed by atoms with Crippen LogP contribution in [-0.4, -0.2) is 66.5 Å². The molecule has 0 bridgehead atoms. The standard InChI is InChI=1S/C19H31N7O4/c1-10(2)7-22-11(3-4-13(20)19(28)29)5-12-6-14(27)18(30-12)26-9-25-15-16(21)23-8-24-17(15)26/h8-14,18,22,27H,3-7,20H2,1-2H3,(H,28,29)(H2,21,23,24)/t11?,12-,13-,14-,18?/m1/s1. The zero-order chi connectivity index (χ0) is 21.8. The van der Waals surface area contributed by atoms with Crippen LogP contribution in [0.2, 0.25) is 0 Å². The van der Waals surface area contributed by atoms with Crippen molar-refractivity contribution in [2.45, 2.75) is 70.1 Å². The molecule has 1 aliphatic heterocycles. The van der Waals surface area contributed by atoms with Crippen LogP contribution < -0.4 is 16.8 Å². The fourth-order valence-electron chi connectivity index (χ4n) is 3.72. The molecule has 11 heteroatoms. The first-order valence-corrected chi connectivity index (χ1v) is 10.2. The molecule has 0 aliphatic carbocycles. The van der Waals surface area contributed by atoms with Gasteiger partial charge in [-0.3, -0.25) is 9.36 Å². The van der Waals surface area contributed by atoms with Crippen LogP contribution in [0.25, 0.3) is 11.2 Å². The second-order valence-corrected chi connectivity index (χ2v) is 8.29. The number of nitrogens with zero attached hydrogens (tertiary/aromatic N) is 4. The van der Waals surface area contributed by atoms with E-state index in [1.165, 1.54) is 6.33 Å². The maximum absolute atomic E-state index is 11.0. The average molecular weight is 422 g/mol. The maximum atomic E-state index is 11.0. The topological polar surface area (TPSA) is 174 Å². The Hall–Kier alpha value is -2.34. The van der Waals surface area contributed by atoms with E-state index in [1.54, 1.807) is 10.9 Å². The van der Waals surface area contributed by atoms with E-state index in [2.05, 4.69) is 34.1 Å². The molecule has 3 heterocycles. The quantitative estimate of drug-likeness (QED) is 0.358. The molecule has 7 N–H and O–H groups in total. The van der Waals surface area contributed by atoms with Gasteiger partial charge in [-0.25, -0.2) is 15.0 Å². The second-order valence-electron chi connectivity index (χ2n) is 8.29. The first-order valence-electron chi connectivity index (χ1n) is 10.2. The molecule has 0 radical (unpaired) electrons. The van der Waals surface area contributed by atoms with E-state index in [0.717, 1.165) is 6.54 Å². The monoisotopic (exact) mass is 421 g/mol. The smallest absolute Gasteiger partial charge is 0.320 e. The van der Waals surface area contributed by atoms with Gasteiger partial charge in [0.25, 0.3) is 0 Å². The summed E-state index contributed by atoms with van der Waals surface area (Å²) in [6.07, 6.45) is 3.42. The van der Waals surface area contributed by atoms with Gasteiger partial charge >= 0.3 is 5.97 Å². The molecular weight excluding hydrogens is 390 g/mol. The van der Waals surface area contributed by atoms with Gasteiger partial charge in [-0.05, 0) is 31.7 Å². The molecule has 3 rings (SSSR count). The van der Waals surface area contributed by atoms with Crippen LogP contribution in [0.5, 0.6) is 0 Å². The number of hydrogen-bond acceptors (Lipinski definition) is 9. The van der Waals surface area contributed by atoms with E-state index in [-0.39, 0.29) is 18.0 Å². The highest BCUT2D eigenvalue weighted by Gasteiger charge is 2.37. The predicted octanol–water partition coefficient (Wildman–Crippen LogP) is 0.253. The number of ether oxygens (including phenoxy) is 1. The van der Waals surface area contributed by atoms with Gasteiger partial charge in [-0.2, -0.15) is 0 Å². The molecule has 0 spiro atoms. The summed E-state index contributed by atoms with van der Waals surface area (Å²) in [5.41, 5.74) is 12.5. The number of nitrogens with two attached hydrogens (primary N) is 2. The molecule has 1 fully saturated rings. The highest BCUT2D eigenvalue weighted by molar-refractivity contribution is 5.81. The number of aliphatic hydroxyl groups is 1. The van der Waals surface area contributed by atoms with Crippen molar-refractivity contribution in [3.63, 3.8) is 0 Å². The normalized spacial score (nSPS) is 23.8. The molecule has 1 aliphatic rings. The molecule has 0 amide bonds. The summed E-state index contributed by atoms with van der Waals surface area (Å²) >= 11 is 0. The molecule has 1 saturated heterocycles. The Morgan fingerprint density at radius 2 is 2.13 bits per heavy atom. The summed E-state index contributed by atoms with van der Waals surface area (Å²) in [6.45, 7) is 5.02. The maximum Gasteiger partial charge on any atom is 0.320 e.